The van der Waals surface area contributed by atoms with Crippen molar-refractivity contribution in [2.45, 2.75) is 34.2 Å². The summed E-state index contributed by atoms with van der Waals surface area (Å²) in [4.78, 5) is 15.3. The Kier molecular flexibility index (Phi) is 7.23. The van der Waals surface area contributed by atoms with Crippen LogP contribution in [-0.4, -0.2) is 30.2 Å². The molecule has 2 aromatic carbocycles. The lowest BCUT2D eigenvalue weighted by molar-refractivity contribution is 0.209. The molecular weight excluding hydrogens is 394 g/mol. The molecule has 3 rings (SSSR count). The Balaban J connectivity index is 1.95. The number of hydrogen-bond acceptors (Lipinski definition) is 6. The number of ether oxygens (including phenoxy) is 2. The Labute approximate surface area is 183 Å². The lowest BCUT2D eigenvalue weighted by Gasteiger charge is -2.26. The fourth-order valence-corrected chi connectivity index (χ4v) is 3.68. The molecule has 1 aromatic heterocycles. The molecule has 0 bridgehead atoms. The number of aromatic hydroxyl groups is 1. The van der Waals surface area contributed by atoms with Crippen molar-refractivity contribution in [1.29, 1.82) is 0 Å². The zero-order valence-electron chi connectivity index (χ0n) is 18.8. The van der Waals surface area contributed by atoms with E-state index in [0.717, 1.165) is 13.1 Å². The van der Waals surface area contributed by atoms with Gasteiger partial charge in [-0.2, -0.15) is 0 Å². The highest BCUT2D eigenvalue weighted by Crippen LogP contribution is 2.30. The first-order chi connectivity index (χ1) is 14.8. The number of phenolic OH excluding ortho intramolecular Hbond substituents is 1. The van der Waals surface area contributed by atoms with Crippen molar-refractivity contribution in [1.82, 2.24) is 4.90 Å². The molecule has 6 heteroatoms. The van der Waals surface area contributed by atoms with Gasteiger partial charge in [-0.25, -0.2) is 0 Å². The minimum Gasteiger partial charge on any atom is -0.507 e. The molecule has 0 radical (unpaired) electrons. The van der Waals surface area contributed by atoms with E-state index in [1.807, 2.05) is 0 Å². The van der Waals surface area contributed by atoms with Crippen LogP contribution < -0.4 is 14.9 Å². The fraction of sp³-hybridized carbons (Fsp3) is 0.400. The smallest absolute Gasteiger partial charge is 0.235 e. The molecular formula is C25H31NO5. The highest BCUT2D eigenvalue weighted by atomic mass is 16.5. The third-order valence-electron chi connectivity index (χ3n) is 4.90. The third kappa shape index (κ3) is 5.58. The second-order valence-electron chi connectivity index (χ2n) is 8.63. The third-order valence-corrected chi connectivity index (χ3v) is 4.90. The van der Waals surface area contributed by atoms with Crippen molar-refractivity contribution in [3.8, 4) is 23.0 Å². The van der Waals surface area contributed by atoms with Crippen molar-refractivity contribution in [3.63, 3.8) is 0 Å². The predicted octanol–water partition coefficient (Wildman–Crippen LogP) is 5.41. The Bertz CT molecular complexity index is 1060. The Morgan fingerprint density at radius 2 is 1.58 bits per heavy atom. The highest BCUT2D eigenvalue weighted by molar-refractivity contribution is 5.83. The van der Waals surface area contributed by atoms with E-state index in [0.29, 0.717) is 46.4 Å². The molecule has 0 aliphatic carbocycles. The van der Waals surface area contributed by atoms with Crippen molar-refractivity contribution in [3.05, 3.63) is 58.4 Å². The van der Waals surface area contributed by atoms with Gasteiger partial charge in [0.1, 0.15) is 29.1 Å². The van der Waals surface area contributed by atoms with Crippen LogP contribution in [0.4, 0.5) is 0 Å². The van der Waals surface area contributed by atoms with Crippen LogP contribution >= 0.6 is 0 Å². The molecule has 0 aliphatic rings. The van der Waals surface area contributed by atoms with Crippen LogP contribution in [0.1, 0.15) is 33.3 Å². The predicted molar refractivity (Wildman–Crippen MR) is 122 cm³/mol. The Morgan fingerprint density at radius 3 is 2.16 bits per heavy atom. The van der Waals surface area contributed by atoms with E-state index in [9.17, 15) is 9.90 Å². The normalized spacial score (nSPS) is 11.6. The van der Waals surface area contributed by atoms with E-state index in [-0.39, 0.29) is 16.9 Å². The molecule has 0 aliphatic heterocycles. The fourth-order valence-electron chi connectivity index (χ4n) is 3.68. The van der Waals surface area contributed by atoms with Crippen molar-refractivity contribution < 1.29 is 19.0 Å². The zero-order chi connectivity index (χ0) is 22.5. The molecule has 31 heavy (non-hydrogen) atoms. The van der Waals surface area contributed by atoms with Gasteiger partial charge in [-0.05, 0) is 48.2 Å². The quantitative estimate of drug-likeness (QED) is 0.494. The summed E-state index contributed by atoms with van der Waals surface area (Å²) in [5.41, 5.74) is 0.731. The Hall–Kier alpha value is -2.99. The lowest BCUT2D eigenvalue weighted by Crippen LogP contribution is -2.31. The molecule has 0 unspecified atom stereocenters. The highest BCUT2D eigenvalue weighted by Gasteiger charge is 2.19. The topological polar surface area (TPSA) is 72.1 Å². The van der Waals surface area contributed by atoms with Crippen LogP contribution in [0.15, 0.2) is 51.9 Å². The molecule has 0 atom stereocenters. The first kappa shape index (κ1) is 22.7. The van der Waals surface area contributed by atoms with Gasteiger partial charge in [0.05, 0.1) is 18.1 Å². The molecule has 0 amide bonds. The molecule has 1 N–H and O–H groups in total. The van der Waals surface area contributed by atoms with Gasteiger partial charge in [-0.3, -0.25) is 9.69 Å². The summed E-state index contributed by atoms with van der Waals surface area (Å²) in [6.07, 6.45) is 1.31. The monoisotopic (exact) mass is 425 g/mol. The number of fused-ring (bicyclic) bond motifs is 1. The molecule has 3 aromatic rings. The molecule has 6 nitrogen and oxygen atoms in total. The minimum atomic E-state index is -0.280. The average molecular weight is 426 g/mol. The van der Waals surface area contributed by atoms with Gasteiger partial charge in [-0.1, -0.05) is 27.7 Å². The van der Waals surface area contributed by atoms with Crippen molar-refractivity contribution in [2.24, 2.45) is 11.8 Å². The second-order valence-corrected chi connectivity index (χ2v) is 8.63. The number of methoxy groups -OCH3 is 1. The van der Waals surface area contributed by atoms with E-state index < -0.39 is 0 Å². The maximum absolute atomic E-state index is 13.1. The van der Waals surface area contributed by atoms with Gasteiger partial charge >= 0.3 is 0 Å². The lowest BCUT2D eigenvalue weighted by atomic mass is 10.1. The summed E-state index contributed by atoms with van der Waals surface area (Å²) >= 11 is 0. The maximum Gasteiger partial charge on any atom is 0.235 e. The van der Waals surface area contributed by atoms with Crippen LogP contribution in [0.2, 0.25) is 0 Å². The molecule has 166 valence electrons. The molecule has 1 heterocycles. The summed E-state index contributed by atoms with van der Waals surface area (Å²) in [6, 6.07) is 10.1. The summed E-state index contributed by atoms with van der Waals surface area (Å²) in [7, 11) is 1.59. The zero-order valence-corrected chi connectivity index (χ0v) is 18.8. The van der Waals surface area contributed by atoms with Gasteiger partial charge in [0, 0.05) is 19.6 Å². The van der Waals surface area contributed by atoms with Crippen molar-refractivity contribution in [2.75, 3.05) is 20.2 Å². The standard InChI is InChI=1S/C25H31NO5/c1-16(2)12-26(13-17(3)4)14-21-22(27)11-10-20-24(28)23(15-30-25(20)21)31-19-8-6-18(29-5)7-9-19/h6-11,15-17,27H,12-14H2,1-5H3. The second kappa shape index (κ2) is 9.88. The first-order valence-electron chi connectivity index (χ1n) is 10.6. The summed E-state index contributed by atoms with van der Waals surface area (Å²) in [5.74, 6) is 2.38. The summed E-state index contributed by atoms with van der Waals surface area (Å²) in [6.45, 7) is 10.9. The van der Waals surface area contributed by atoms with Gasteiger partial charge < -0.3 is 19.0 Å². The van der Waals surface area contributed by atoms with Crippen LogP contribution in [0, 0.1) is 11.8 Å². The molecule has 0 saturated carbocycles. The number of nitrogens with zero attached hydrogens (tertiary/aromatic N) is 1. The Morgan fingerprint density at radius 1 is 0.968 bits per heavy atom. The van der Waals surface area contributed by atoms with Crippen LogP contribution in [-0.2, 0) is 6.54 Å². The number of phenols is 1. The number of rotatable bonds is 9. The van der Waals surface area contributed by atoms with E-state index >= 15 is 0 Å². The SMILES string of the molecule is COc1ccc(Oc2coc3c(CN(CC(C)C)CC(C)C)c(O)ccc3c2=O)cc1. The molecule has 0 spiro atoms. The van der Waals surface area contributed by atoms with Crippen LogP contribution in [0.3, 0.4) is 0 Å². The van der Waals surface area contributed by atoms with E-state index in [4.69, 9.17) is 13.9 Å². The average Bonchev–Trinajstić information content (AvgIpc) is 2.71. The van der Waals surface area contributed by atoms with Crippen LogP contribution in [0.25, 0.3) is 11.0 Å². The number of hydrogen-bond donors (Lipinski definition) is 1. The van der Waals surface area contributed by atoms with E-state index in [1.54, 1.807) is 43.5 Å². The van der Waals surface area contributed by atoms with Crippen LogP contribution in [0.5, 0.6) is 23.0 Å². The van der Waals surface area contributed by atoms with Gasteiger partial charge in [0.2, 0.25) is 11.2 Å². The molecule has 0 saturated heterocycles. The minimum absolute atomic E-state index is 0.0931. The largest absolute Gasteiger partial charge is 0.507 e. The van der Waals surface area contributed by atoms with E-state index in [1.165, 1.54) is 6.26 Å². The van der Waals surface area contributed by atoms with Gasteiger partial charge in [0.25, 0.3) is 0 Å². The summed E-state index contributed by atoms with van der Waals surface area (Å²) < 4.78 is 16.7. The maximum atomic E-state index is 13.1. The number of benzene rings is 2. The molecule has 0 fully saturated rings. The van der Waals surface area contributed by atoms with Crippen molar-refractivity contribution >= 4 is 11.0 Å². The first-order valence-corrected chi connectivity index (χ1v) is 10.6. The van der Waals surface area contributed by atoms with Gasteiger partial charge in [0.15, 0.2) is 0 Å². The van der Waals surface area contributed by atoms with Gasteiger partial charge in [-0.15, -0.1) is 0 Å². The summed E-state index contributed by atoms with van der Waals surface area (Å²) in [5, 5.41) is 10.9. The van der Waals surface area contributed by atoms with E-state index in [2.05, 4.69) is 32.6 Å².